The smallest absolute Gasteiger partial charge is 0.335 e. The zero-order chi connectivity index (χ0) is 14.6. The summed E-state index contributed by atoms with van der Waals surface area (Å²) in [6, 6.07) is 3.08. The molecule has 1 aliphatic heterocycles. The van der Waals surface area contributed by atoms with E-state index < -0.39 is 11.5 Å². The highest BCUT2D eigenvalue weighted by atomic mass is 16.5. The van der Waals surface area contributed by atoms with E-state index in [1.807, 2.05) is 6.92 Å². The summed E-state index contributed by atoms with van der Waals surface area (Å²) in [6.07, 6.45) is 2.00. The lowest BCUT2D eigenvalue weighted by Crippen LogP contribution is -2.47. The molecule has 110 valence electrons. The molecule has 2 heterocycles. The number of aryl methyl sites for hydroxylation is 1. The number of carbonyl (C=O) groups is 1. The molecule has 0 atom stereocenters. The highest BCUT2D eigenvalue weighted by Crippen LogP contribution is 2.25. The number of aliphatic hydroxyl groups excluding tert-OH is 1. The Hall–Kier alpha value is -1.66. The number of ether oxygens (including phenoxy) is 1. The monoisotopic (exact) mass is 280 g/mol. The van der Waals surface area contributed by atoms with Gasteiger partial charge in [0, 0.05) is 18.9 Å². The van der Waals surface area contributed by atoms with Crippen LogP contribution in [0.3, 0.4) is 0 Å². The number of nitrogens with one attached hydrogen (secondary N) is 1. The van der Waals surface area contributed by atoms with E-state index in [-0.39, 0.29) is 12.2 Å². The molecule has 6 heteroatoms. The van der Waals surface area contributed by atoms with Crippen molar-refractivity contribution in [3.8, 4) is 0 Å². The normalized spacial score (nSPS) is 17.7. The molecule has 0 unspecified atom stereocenters. The summed E-state index contributed by atoms with van der Waals surface area (Å²) >= 11 is 0. The third-order valence-corrected chi connectivity index (χ3v) is 3.63. The maximum atomic E-state index is 11.1. The average molecular weight is 280 g/mol. The van der Waals surface area contributed by atoms with Crippen LogP contribution in [-0.2, 0) is 11.2 Å². The quantitative estimate of drug-likeness (QED) is 0.753. The number of carboxylic acids is 1. The summed E-state index contributed by atoms with van der Waals surface area (Å²) in [5, 5.41) is 22.0. The van der Waals surface area contributed by atoms with Gasteiger partial charge in [-0.3, -0.25) is 0 Å². The van der Waals surface area contributed by atoms with Gasteiger partial charge in [0.05, 0.1) is 17.7 Å². The Morgan fingerprint density at radius 1 is 1.45 bits per heavy atom. The fourth-order valence-corrected chi connectivity index (χ4v) is 2.31. The van der Waals surface area contributed by atoms with Crippen LogP contribution in [0.4, 0.5) is 5.82 Å². The first-order valence-corrected chi connectivity index (χ1v) is 6.79. The minimum absolute atomic E-state index is 0.0310. The zero-order valence-electron chi connectivity index (χ0n) is 11.6. The molecule has 1 fully saturated rings. The van der Waals surface area contributed by atoms with Crippen LogP contribution in [0.15, 0.2) is 12.1 Å². The molecular weight excluding hydrogens is 260 g/mol. The molecule has 1 aromatic heterocycles. The van der Waals surface area contributed by atoms with Gasteiger partial charge in [0.2, 0.25) is 0 Å². The SMILES string of the molecule is CCc1cc(C(=O)O)cc(NC2(CO)CCOCC2)n1. The number of rotatable bonds is 5. The Labute approximate surface area is 117 Å². The van der Waals surface area contributed by atoms with Crippen molar-refractivity contribution in [3.05, 3.63) is 23.4 Å². The first-order valence-electron chi connectivity index (χ1n) is 6.79. The van der Waals surface area contributed by atoms with Gasteiger partial charge in [-0.05, 0) is 31.4 Å². The van der Waals surface area contributed by atoms with Crippen molar-refractivity contribution in [2.24, 2.45) is 0 Å². The van der Waals surface area contributed by atoms with Crippen LogP contribution in [0.2, 0.25) is 0 Å². The van der Waals surface area contributed by atoms with E-state index in [0.717, 1.165) is 0 Å². The van der Waals surface area contributed by atoms with E-state index in [0.29, 0.717) is 44.0 Å². The van der Waals surface area contributed by atoms with Crippen molar-refractivity contribution in [3.63, 3.8) is 0 Å². The van der Waals surface area contributed by atoms with Gasteiger partial charge in [0.25, 0.3) is 0 Å². The molecule has 0 spiro atoms. The number of hydrogen-bond donors (Lipinski definition) is 3. The van der Waals surface area contributed by atoms with E-state index in [1.54, 1.807) is 6.07 Å². The van der Waals surface area contributed by atoms with Gasteiger partial charge in [-0.25, -0.2) is 9.78 Å². The maximum Gasteiger partial charge on any atom is 0.335 e. The van der Waals surface area contributed by atoms with Gasteiger partial charge in [-0.1, -0.05) is 6.92 Å². The Bertz CT molecular complexity index is 484. The molecule has 1 aliphatic rings. The van der Waals surface area contributed by atoms with Crippen molar-refractivity contribution in [2.45, 2.75) is 31.7 Å². The van der Waals surface area contributed by atoms with Crippen molar-refractivity contribution in [1.82, 2.24) is 4.98 Å². The Morgan fingerprint density at radius 2 is 2.15 bits per heavy atom. The minimum Gasteiger partial charge on any atom is -0.478 e. The van der Waals surface area contributed by atoms with Gasteiger partial charge < -0.3 is 20.3 Å². The van der Waals surface area contributed by atoms with E-state index in [4.69, 9.17) is 9.84 Å². The van der Waals surface area contributed by atoms with E-state index >= 15 is 0 Å². The summed E-state index contributed by atoms with van der Waals surface area (Å²) < 4.78 is 5.31. The summed E-state index contributed by atoms with van der Waals surface area (Å²) in [5.74, 6) is -0.479. The second-order valence-corrected chi connectivity index (χ2v) is 5.07. The largest absolute Gasteiger partial charge is 0.478 e. The summed E-state index contributed by atoms with van der Waals surface area (Å²) in [4.78, 5) is 15.5. The van der Waals surface area contributed by atoms with Crippen LogP contribution in [0.5, 0.6) is 0 Å². The van der Waals surface area contributed by atoms with Crippen LogP contribution in [-0.4, -0.2) is 46.5 Å². The van der Waals surface area contributed by atoms with Crippen LogP contribution in [0, 0.1) is 0 Å². The van der Waals surface area contributed by atoms with Crippen molar-refractivity contribution in [1.29, 1.82) is 0 Å². The van der Waals surface area contributed by atoms with Crippen molar-refractivity contribution < 1.29 is 19.7 Å². The lowest BCUT2D eigenvalue weighted by molar-refractivity contribution is 0.0378. The number of anilines is 1. The van der Waals surface area contributed by atoms with Crippen LogP contribution >= 0.6 is 0 Å². The van der Waals surface area contributed by atoms with Crippen LogP contribution in [0.1, 0.15) is 35.8 Å². The highest BCUT2D eigenvalue weighted by Gasteiger charge is 2.32. The summed E-state index contributed by atoms with van der Waals surface area (Å²) in [7, 11) is 0. The van der Waals surface area contributed by atoms with Crippen molar-refractivity contribution >= 4 is 11.8 Å². The van der Waals surface area contributed by atoms with Gasteiger partial charge >= 0.3 is 5.97 Å². The molecule has 6 nitrogen and oxygen atoms in total. The number of hydrogen-bond acceptors (Lipinski definition) is 5. The molecule has 0 radical (unpaired) electrons. The minimum atomic E-state index is -0.977. The predicted octanol–water partition coefficient (Wildman–Crippen LogP) is 1.30. The van der Waals surface area contributed by atoms with E-state index in [1.165, 1.54) is 6.07 Å². The number of nitrogens with zero attached hydrogens (tertiary/aromatic N) is 1. The number of pyridine rings is 1. The highest BCUT2D eigenvalue weighted by molar-refractivity contribution is 5.88. The fourth-order valence-electron chi connectivity index (χ4n) is 2.31. The molecule has 0 aromatic carbocycles. The van der Waals surface area contributed by atoms with E-state index in [9.17, 15) is 9.90 Å². The Balaban J connectivity index is 2.27. The molecular formula is C14H20N2O4. The van der Waals surface area contributed by atoms with Gasteiger partial charge in [-0.2, -0.15) is 0 Å². The Kier molecular flexibility index (Phi) is 4.57. The zero-order valence-corrected chi connectivity index (χ0v) is 11.6. The molecule has 20 heavy (non-hydrogen) atoms. The van der Waals surface area contributed by atoms with Gasteiger partial charge in [0.15, 0.2) is 0 Å². The molecule has 0 aliphatic carbocycles. The molecule has 1 saturated heterocycles. The first kappa shape index (κ1) is 14.7. The number of aromatic nitrogens is 1. The van der Waals surface area contributed by atoms with E-state index in [2.05, 4.69) is 10.3 Å². The second-order valence-electron chi connectivity index (χ2n) is 5.07. The van der Waals surface area contributed by atoms with Crippen molar-refractivity contribution in [2.75, 3.05) is 25.1 Å². The lowest BCUT2D eigenvalue weighted by atomic mass is 9.91. The topological polar surface area (TPSA) is 91.7 Å². The Morgan fingerprint density at radius 3 is 2.70 bits per heavy atom. The summed E-state index contributed by atoms with van der Waals surface area (Å²) in [5.41, 5.74) is 0.444. The molecule has 0 bridgehead atoms. The maximum absolute atomic E-state index is 11.1. The number of aromatic carboxylic acids is 1. The summed E-state index contributed by atoms with van der Waals surface area (Å²) in [6.45, 7) is 3.05. The molecule has 0 saturated carbocycles. The lowest BCUT2D eigenvalue weighted by Gasteiger charge is -2.36. The number of carboxylic acid groups (broad SMARTS) is 1. The third kappa shape index (κ3) is 3.26. The molecule has 2 rings (SSSR count). The molecule has 1 aromatic rings. The standard InChI is InChI=1S/C14H20N2O4/c1-2-11-7-10(13(18)19)8-12(15-11)16-14(9-17)3-5-20-6-4-14/h7-8,17H,2-6,9H2,1H3,(H,15,16)(H,18,19). The number of aliphatic hydroxyl groups is 1. The molecule has 3 N–H and O–H groups in total. The van der Waals surface area contributed by atoms with Crippen LogP contribution in [0.25, 0.3) is 0 Å². The second kappa shape index (κ2) is 6.19. The van der Waals surface area contributed by atoms with Gasteiger partial charge in [-0.15, -0.1) is 0 Å². The van der Waals surface area contributed by atoms with Crippen LogP contribution < -0.4 is 5.32 Å². The first-order chi connectivity index (χ1) is 9.58. The fraction of sp³-hybridized carbons (Fsp3) is 0.571. The van der Waals surface area contributed by atoms with Gasteiger partial charge in [0.1, 0.15) is 5.82 Å². The third-order valence-electron chi connectivity index (χ3n) is 3.63. The molecule has 0 amide bonds. The predicted molar refractivity (Wildman–Crippen MR) is 74.1 cm³/mol. The average Bonchev–Trinajstić information content (AvgIpc) is 2.47.